The molecule has 0 radical (unpaired) electrons. The number of imide groups is 1. The first-order valence-corrected chi connectivity index (χ1v) is 7.86. The molecule has 124 valence electrons. The largest absolute Gasteiger partial charge is 0.460 e. The molecule has 1 unspecified atom stereocenters. The minimum atomic E-state index is -0.606. The summed E-state index contributed by atoms with van der Waals surface area (Å²) in [6.07, 6.45) is 0.892. The van der Waals surface area contributed by atoms with E-state index >= 15 is 0 Å². The van der Waals surface area contributed by atoms with Crippen LogP contribution in [0, 0.1) is 5.92 Å². The molecule has 0 aliphatic carbocycles. The zero-order chi connectivity index (χ0) is 17.0. The molecule has 1 saturated heterocycles. The summed E-state index contributed by atoms with van der Waals surface area (Å²) in [5.41, 5.74) is 0.368. The number of ether oxygens (including phenoxy) is 1. The molecule has 0 aromatic heterocycles. The third-order valence-corrected chi connectivity index (χ3v) is 3.62. The highest BCUT2D eigenvalue weighted by atomic mass is 16.6. The Labute approximate surface area is 136 Å². The number of hydrogen-bond donors (Lipinski definition) is 0. The molecule has 23 heavy (non-hydrogen) atoms. The minimum absolute atomic E-state index is 0.0848. The van der Waals surface area contributed by atoms with Gasteiger partial charge in [0.25, 0.3) is 0 Å². The van der Waals surface area contributed by atoms with E-state index in [0.717, 1.165) is 5.56 Å². The number of esters is 1. The molecule has 0 N–H and O–H groups in total. The van der Waals surface area contributed by atoms with Crippen LogP contribution in [0.1, 0.15) is 39.2 Å². The molecule has 0 saturated carbocycles. The molecular weight excluding hydrogens is 294 g/mol. The van der Waals surface area contributed by atoms with Gasteiger partial charge in [-0.25, -0.2) is 0 Å². The SMILES string of the molecule is CC(C)(C)OC(=O)C(Cc1ccccc1)CN1C(=O)CCC1=O. The second-order valence-electron chi connectivity index (χ2n) is 6.82. The molecule has 5 heteroatoms. The van der Waals surface area contributed by atoms with Crippen LogP contribution in [0.4, 0.5) is 0 Å². The minimum Gasteiger partial charge on any atom is -0.460 e. The van der Waals surface area contributed by atoms with Gasteiger partial charge in [-0.1, -0.05) is 30.3 Å². The Kier molecular flexibility index (Phi) is 5.19. The number of nitrogens with zero attached hydrogens (tertiary/aromatic N) is 1. The summed E-state index contributed by atoms with van der Waals surface area (Å²) < 4.78 is 5.46. The van der Waals surface area contributed by atoms with Crippen molar-refractivity contribution in [2.45, 2.75) is 45.6 Å². The Morgan fingerprint density at radius 1 is 1.13 bits per heavy atom. The summed E-state index contributed by atoms with van der Waals surface area (Å²) in [5, 5.41) is 0. The van der Waals surface area contributed by atoms with Crippen molar-refractivity contribution < 1.29 is 19.1 Å². The number of carbonyl (C=O) groups is 3. The van der Waals surface area contributed by atoms with E-state index in [1.54, 1.807) is 20.8 Å². The second kappa shape index (κ2) is 6.94. The van der Waals surface area contributed by atoms with Crippen molar-refractivity contribution in [3.63, 3.8) is 0 Å². The van der Waals surface area contributed by atoms with Crippen LogP contribution in [-0.2, 0) is 25.5 Å². The summed E-state index contributed by atoms with van der Waals surface area (Å²) in [6.45, 7) is 5.49. The van der Waals surface area contributed by atoms with Gasteiger partial charge in [-0.15, -0.1) is 0 Å². The van der Waals surface area contributed by atoms with Crippen LogP contribution in [-0.4, -0.2) is 34.8 Å². The molecular formula is C18H23NO4. The van der Waals surface area contributed by atoms with Crippen LogP contribution >= 0.6 is 0 Å². The number of carbonyl (C=O) groups excluding carboxylic acids is 3. The van der Waals surface area contributed by atoms with Crippen molar-refractivity contribution in [2.24, 2.45) is 5.92 Å². The molecule has 1 atom stereocenters. The van der Waals surface area contributed by atoms with Crippen molar-refractivity contribution in [2.75, 3.05) is 6.54 Å². The van der Waals surface area contributed by atoms with Crippen LogP contribution in [0.15, 0.2) is 30.3 Å². The van der Waals surface area contributed by atoms with Gasteiger partial charge in [-0.3, -0.25) is 19.3 Å². The molecule has 1 fully saturated rings. The highest BCUT2D eigenvalue weighted by Crippen LogP contribution is 2.20. The Morgan fingerprint density at radius 2 is 1.70 bits per heavy atom. The van der Waals surface area contributed by atoms with Crippen molar-refractivity contribution in [1.29, 1.82) is 0 Å². The first kappa shape index (κ1) is 17.2. The zero-order valence-electron chi connectivity index (χ0n) is 13.9. The number of benzene rings is 1. The summed E-state index contributed by atoms with van der Waals surface area (Å²) in [5.74, 6) is -1.36. The standard InChI is InChI=1S/C18H23NO4/c1-18(2,3)23-17(22)14(11-13-7-5-4-6-8-13)12-19-15(20)9-10-16(19)21/h4-8,14H,9-12H2,1-3H3. The van der Waals surface area contributed by atoms with Crippen molar-refractivity contribution >= 4 is 17.8 Å². The lowest BCUT2D eigenvalue weighted by Gasteiger charge is -2.26. The molecule has 1 heterocycles. The van der Waals surface area contributed by atoms with Crippen LogP contribution < -0.4 is 0 Å². The topological polar surface area (TPSA) is 63.7 Å². The molecule has 2 amide bonds. The summed E-state index contributed by atoms with van der Waals surface area (Å²) in [6, 6.07) is 9.54. The smallest absolute Gasteiger partial charge is 0.311 e. The first-order chi connectivity index (χ1) is 10.8. The van der Waals surface area contributed by atoms with Gasteiger partial charge in [0.05, 0.1) is 5.92 Å². The fourth-order valence-electron chi connectivity index (χ4n) is 2.55. The summed E-state index contributed by atoms with van der Waals surface area (Å²) >= 11 is 0. The maximum absolute atomic E-state index is 12.5. The van der Waals surface area contributed by atoms with Gasteiger partial charge >= 0.3 is 5.97 Å². The predicted molar refractivity (Wildman–Crippen MR) is 85.4 cm³/mol. The highest BCUT2D eigenvalue weighted by Gasteiger charge is 2.34. The van der Waals surface area contributed by atoms with E-state index < -0.39 is 11.5 Å². The van der Waals surface area contributed by atoms with Gasteiger partial charge in [-0.05, 0) is 32.8 Å². The average Bonchev–Trinajstić information content (AvgIpc) is 2.77. The Hall–Kier alpha value is -2.17. The van der Waals surface area contributed by atoms with Crippen LogP contribution in [0.3, 0.4) is 0 Å². The highest BCUT2D eigenvalue weighted by molar-refractivity contribution is 6.02. The number of amides is 2. The van der Waals surface area contributed by atoms with Crippen molar-refractivity contribution in [3.8, 4) is 0 Å². The maximum atomic E-state index is 12.5. The summed E-state index contributed by atoms with van der Waals surface area (Å²) in [4.78, 5) is 37.4. The quantitative estimate of drug-likeness (QED) is 0.617. The lowest BCUT2D eigenvalue weighted by atomic mass is 9.98. The van der Waals surface area contributed by atoms with E-state index in [-0.39, 0.29) is 37.2 Å². The zero-order valence-corrected chi connectivity index (χ0v) is 13.9. The van der Waals surface area contributed by atoms with Crippen molar-refractivity contribution in [1.82, 2.24) is 4.90 Å². The summed E-state index contributed by atoms with van der Waals surface area (Å²) in [7, 11) is 0. The number of rotatable bonds is 5. The Morgan fingerprint density at radius 3 is 2.22 bits per heavy atom. The maximum Gasteiger partial charge on any atom is 0.311 e. The Balaban J connectivity index is 2.15. The lowest BCUT2D eigenvalue weighted by molar-refractivity contribution is -0.161. The van der Waals surface area contributed by atoms with Crippen molar-refractivity contribution in [3.05, 3.63) is 35.9 Å². The lowest BCUT2D eigenvalue weighted by Crippen LogP contribution is -2.40. The van der Waals surface area contributed by atoms with Gasteiger partial charge in [-0.2, -0.15) is 0 Å². The molecule has 1 aromatic rings. The third-order valence-electron chi connectivity index (χ3n) is 3.62. The van der Waals surface area contributed by atoms with E-state index in [1.807, 2.05) is 30.3 Å². The predicted octanol–water partition coefficient (Wildman–Crippen LogP) is 2.34. The molecule has 0 spiro atoms. The van der Waals surface area contributed by atoms with E-state index in [1.165, 1.54) is 4.90 Å². The fraction of sp³-hybridized carbons (Fsp3) is 0.500. The fourth-order valence-corrected chi connectivity index (χ4v) is 2.55. The van der Waals surface area contributed by atoms with Gasteiger partial charge in [0.2, 0.25) is 11.8 Å². The first-order valence-electron chi connectivity index (χ1n) is 7.86. The van der Waals surface area contributed by atoms with Crippen LogP contribution in [0.25, 0.3) is 0 Å². The Bertz CT molecular complexity index is 573. The van der Waals surface area contributed by atoms with E-state index in [9.17, 15) is 14.4 Å². The van der Waals surface area contributed by atoms with E-state index in [2.05, 4.69) is 0 Å². The van der Waals surface area contributed by atoms with Crippen LogP contribution in [0.5, 0.6) is 0 Å². The second-order valence-corrected chi connectivity index (χ2v) is 6.82. The molecule has 2 rings (SSSR count). The normalized spacial score (nSPS) is 16.6. The van der Waals surface area contributed by atoms with Crippen LogP contribution in [0.2, 0.25) is 0 Å². The molecule has 0 bridgehead atoms. The number of likely N-dealkylation sites (tertiary alicyclic amines) is 1. The van der Waals surface area contributed by atoms with E-state index in [4.69, 9.17) is 4.74 Å². The molecule has 1 aliphatic rings. The molecule has 1 aromatic carbocycles. The number of hydrogen-bond acceptors (Lipinski definition) is 4. The molecule has 1 aliphatic heterocycles. The average molecular weight is 317 g/mol. The monoisotopic (exact) mass is 317 g/mol. The van der Waals surface area contributed by atoms with Gasteiger partial charge in [0.1, 0.15) is 5.60 Å². The van der Waals surface area contributed by atoms with Gasteiger partial charge in [0.15, 0.2) is 0 Å². The third kappa shape index (κ3) is 4.91. The molecule has 5 nitrogen and oxygen atoms in total. The van der Waals surface area contributed by atoms with Gasteiger partial charge in [0, 0.05) is 19.4 Å². The van der Waals surface area contributed by atoms with E-state index in [0.29, 0.717) is 6.42 Å². The van der Waals surface area contributed by atoms with Gasteiger partial charge < -0.3 is 4.74 Å².